The fourth-order valence-electron chi connectivity index (χ4n) is 3.31. The topological polar surface area (TPSA) is 95.0 Å². The van der Waals surface area contributed by atoms with Gasteiger partial charge in [0.25, 0.3) is 0 Å². The van der Waals surface area contributed by atoms with Crippen LogP contribution in [-0.2, 0) is 27.4 Å². The molecule has 2 heterocycles. The first-order valence-electron chi connectivity index (χ1n) is 10.9. The lowest BCUT2D eigenvalue weighted by atomic mass is 10.0. The summed E-state index contributed by atoms with van der Waals surface area (Å²) in [5, 5.41) is 14.8. The highest BCUT2D eigenvalue weighted by Gasteiger charge is 2.10. The van der Waals surface area contributed by atoms with Crippen LogP contribution >= 0.6 is 0 Å². The van der Waals surface area contributed by atoms with Gasteiger partial charge in [0, 0.05) is 17.9 Å². The molecule has 1 aromatic carbocycles. The van der Waals surface area contributed by atoms with Crippen LogP contribution in [-0.4, -0.2) is 32.2 Å². The van der Waals surface area contributed by atoms with Gasteiger partial charge in [-0.05, 0) is 50.1 Å². The molecule has 1 aliphatic rings. The Kier molecular flexibility index (Phi) is 7.48. The lowest BCUT2D eigenvalue weighted by Gasteiger charge is -2.16. The number of nitrogens with one attached hydrogen (secondary N) is 1. The molecule has 0 aliphatic heterocycles. The second kappa shape index (κ2) is 11.1. The first-order chi connectivity index (χ1) is 16.2. The van der Waals surface area contributed by atoms with E-state index in [0.717, 1.165) is 46.7 Å². The van der Waals surface area contributed by atoms with Gasteiger partial charge in [-0.25, -0.2) is 4.98 Å². The molecule has 0 bridgehead atoms. The van der Waals surface area contributed by atoms with Crippen molar-refractivity contribution in [1.82, 2.24) is 25.6 Å². The Balaban J connectivity index is 1.25. The quantitative estimate of drug-likeness (QED) is 0.350. The van der Waals surface area contributed by atoms with Crippen molar-refractivity contribution in [2.45, 2.75) is 39.9 Å². The van der Waals surface area contributed by atoms with Crippen LogP contribution in [0.15, 0.2) is 83.6 Å². The van der Waals surface area contributed by atoms with Crippen LogP contribution in [0.1, 0.15) is 38.2 Å². The summed E-state index contributed by atoms with van der Waals surface area (Å²) in [6.45, 7) is 5.11. The zero-order chi connectivity index (χ0) is 22.9. The van der Waals surface area contributed by atoms with Crippen LogP contribution < -0.4 is 0 Å². The molecule has 8 nitrogen and oxygen atoms in total. The molecule has 0 saturated carbocycles. The van der Waals surface area contributed by atoms with E-state index in [1.54, 1.807) is 0 Å². The normalized spacial score (nSPS) is 14.6. The van der Waals surface area contributed by atoms with Crippen molar-refractivity contribution >= 4 is 10.9 Å². The number of aromatic nitrogens is 5. The smallest absolute Gasteiger partial charge is 0.211 e. The second-order valence-corrected chi connectivity index (χ2v) is 7.59. The van der Waals surface area contributed by atoms with E-state index in [1.165, 1.54) is 5.57 Å². The number of hydrogen-bond acceptors (Lipinski definition) is 7. The van der Waals surface area contributed by atoms with Crippen molar-refractivity contribution in [3.63, 3.8) is 0 Å². The highest BCUT2D eigenvalue weighted by atomic mass is 16.5. The maximum atomic E-state index is 5.94. The van der Waals surface area contributed by atoms with Gasteiger partial charge in [-0.15, -0.1) is 10.2 Å². The molecule has 8 heteroatoms. The van der Waals surface area contributed by atoms with Gasteiger partial charge in [0.2, 0.25) is 5.82 Å². The number of hydrogen-bond donors (Lipinski definition) is 1. The lowest BCUT2D eigenvalue weighted by molar-refractivity contribution is 0.178. The third-order valence-corrected chi connectivity index (χ3v) is 5.13. The van der Waals surface area contributed by atoms with Crippen molar-refractivity contribution < 1.29 is 14.2 Å². The first kappa shape index (κ1) is 22.3. The van der Waals surface area contributed by atoms with Gasteiger partial charge in [0.05, 0.1) is 22.7 Å². The number of tetrazole rings is 1. The van der Waals surface area contributed by atoms with E-state index in [4.69, 9.17) is 14.2 Å². The summed E-state index contributed by atoms with van der Waals surface area (Å²) in [6, 6.07) is 12.1. The van der Waals surface area contributed by atoms with Gasteiger partial charge < -0.3 is 14.2 Å². The first-order valence-corrected chi connectivity index (χ1v) is 10.9. The van der Waals surface area contributed by atoms with Crippen LogP contribution in [0.4, 0.5) is 0 Å². The lowest BCUT2D eigenvalue weighted by Crippen LogP contribution is -2.04. The third-order valence-electron chi connectivity index (χ3n) is 5.13. The molecular weight excluding hydrogens is 418 g/mol. The zero-order valence-electron chi connectivity index (χ0n) is 18.8. The molecule has 1 N–H and O–H groups in total. The number of pyridine rings is 1. The standard InChI is InChI=1S/C25H27N5O3/c1-3-22(32-16-21-11-10-20-6-4-5-7-24(20)26-21)14-18(2)31-15-19-8-12-23(13-9-19)33-17-25-27-29-30-28-25/h3-8,10-12,14H,9,13,15-17H2,1-2H3,(H,27,28,29,30)/b18-14+,22-3+. The average Bonchev–Trinajstić information content (AvgIpc) is 3.38. The largest absolute Gasteiger partial charge is 0.494 e. The van der Waals surface area contributed by atoms with Crippen LogP contribution in [0.3, 0.4) is 0 Å². The average molecular weight is 446 g/mol. The number of rotatable bonds is 10. The van der Waals surface area contributed by atoms with Gasteiger partial charge in [-0.2, -0.15) is 5.21 Å². The molecular formula is C25H27N5O3. The van der Waals surface area contributed by atoms with Crippen LogP contribution in [0.2, 0.25) is 0 Å². The number of fused-ring (bicyclic) bond motifs is 1. The van der Waals surface area contributed by atoms with Crippen LogP contribution in [0, 0.1) is 0 Å². The minimum atomic E-state index is 0.310. The van der Waals surface area contributed by atoms with Gasteiger partial charge in [-0.3, -0.25) is 0 Å². The van der Waals surface area contributed by atoms with E-state index in [2.05, 4.69) is 37.7 Å². The SMILES string of the molecule is C/C=C(\C=C(/C)OCC1=CC=C(OCc2nn[nH]n2)CC1)OCc1ccc2ccccc2n1. The van der Waals surface area contributed by atoms with Gasteiger partial charge in [-0.1, -0.05) is 35.6 Å². The maximum absolute atomic E-state index is 5.94. The Hall–Kier alpha value is -3.94. The Labute approximate surface area is 192 Å². The summed E-state index contributed by atoms with van der Waals surface area (Å²) >= 11 is 0. The second-order valence-electron chi connectivity index (χ2n) is 7.59. The van der Waals surface area contributed by atoms with E-state index in [9.17, 15) is 0 Å². The van der Waals surface area contributed by atoms with Gasteiger partial charge >= 0.3 is 0 Å². The minimum Gasteiger partial charge on any atom is -0.494 e. The number of ether oxygens (including phenoxy) is 3. The molecule has 0 atom stereocenters. The van der Waals surface area contributed by atoms with Crippen LogP contribution in [0.5, 0.6) is 0 Å². The number of aromatic amines is 1. The van der Waals surface area contributed by atoms with Crippen molar-refractivity contribution in [1.29, 1.82) is 0 Å². The number of H-pyrrole nitrogens is 1. The maximum Gasteiger partial charge on any atom is 0.211 e. The van der Waals surface area contributed by atoms with Crippen molar-refractivity contribution in [2.24, 2.45) is 0 Å². The predicted octanol–water partition coefficient (Wildman–Crippen LogP) is 4.91. The molecule has 33 heavy (non-hydrogen) atoms. The fraction of sp³-hybridized carbons (Fsp3) is 0.280. The van der Waals surface area contributed by atoms with Crippen molar-refractivity contribution in [3.8, 4) is 0 Å². The van der Waals surface area contributed by atoms with E-state index < -0.39 is 0 Å². The number of para-hydroxylation sites is 1. The third kappa shape index (κ3) is 6.52. The summed E-state index contributed by atoms with van der Waals surface area (Å²) in [6.07, 6.45) is 9.53. The highest BCUT2D eigenvalue weighted by Crippen LogP contribution is 2.21. The Morgan fingerprint density at radius 3 is 2.73 bits per heavy atom. The molecule has 3 aromatic rings. The minimum absolute atomic E-state index is 0.310. The van der Waals surface area contributed by atoms with E-state index in [-0.39, 0.29) is 0 Å². The summed E-state index contributed by atoms with van der Waals surface area (Å²) in [4.78, 5) is 4.65. The van der Waals surface area contributed by atoms with E-state index in [1.807, 2.05) is 62.4 Å². The Morgan fingerprint density at radius 1 is 1.03 bits per heavy atom. The van der Waals surface area contributed by atoms with E-state index >= 15 is 0 Å². The zero-order valence-corrected chi connectivity index (χ0v) is 18.8. The number of nitrogens with zero attached hydrogens (tertiary/aromatic N) is 4. The summed E-state index contributed by atoms with van der Waals surface area (Å²) in [7, 11) is 0. The van der Waals surface area contributed by atoms with E-state index in [0.29, 0.717) is 25.6 Å². The van der Waals surface area contributed by atoms with Crippen molar-refractivity contribution in [2.75, 3.05) is 6.61 Å². The Bertz CT molecular complexity index is 1200. The molecule has 170 valence electrons. The highest BCUT2D eigenvalue weighted by molar-refractivity contribution is 5.78. The molecule has 0 spiro atoms. The van der Waals surface area contributed by atoms with Gasteiger partial charge in [0.15, 0.2) is 6.61 Å². The number of benzene rings is 1. The predicted molar refractivity (Wildman–Crippen MR) is 124 cm³/mol. The van der Waals surface area contributed by atoms with Gasteiger partial charge in [0.1, 0.15) is 19.0 Å². The molecule has 0 unspecified atom stereocenters. The van der Waals surface area contributed by atoms with Crippen molar-refractivity contribution in [3.05, 3.63) is 95.1 Å². The summed E-state index contributed by atoms with van der Waals surface area (Å²) in [5.74, 6) is 2.98. The summed E-state index contributed by atoms with van der Waals surface area (Å²) in [5.41, 5.74) is 3.06. The van der Waals surface area contributed by atoms with Crippen LogP contribution in [0.25, 0.3) is 10.9 Å². The molecule has 4 rings (SSSR count). The molecule has 1 aliphatic carbocycles. The molecule has 0 fully saturated rings. The fourth-order valence-corrected chi connectivity index (χ4v) is 3.31. The molecule has 0 saturated heterocycles. The molecule has 0 amide bonds. The number of allylic oxidation sites excluding steroid dienone is 6. The summed E-state index contributed by atoms with van der Waals surface area (Å²) < 4.78 is 17.6. The molecule has 2 aromatic heterocycles. The Morgan fingerprint density at radius 2 is 1.94 bits per heavy atom. The molecule has 0 radical (unpaired) electrons. The monoisotopic (exact) mass is 445 g/mol.